The minimum atomic E-state index is -0.0969. The van der Waals surface area contributed by atoms with Crippen LogP contribution in [0.5, 0.6) is 0 Å². The van der Waals surface area contributed by atoms with Crippen LogP contribution in [0.15, 0.2) is 26.8 Å². The Kier molecular flexibility index (Phi) is 3.12. The van der Waals surface area contributed by atoms with Crippen LogP contribution in [-0.2, 0) is 0 Å². The van der Waals surface area contributed by atoms with E-state index in [2.05, 4.69) is 4.99 Å². The van der Waals surface area contributed by atoms with Gasteiger partial charge in [0, 0.05) is 23.2 Å². The van der Waals surface area contributed by atoms with Crippen LogP contribution < -0.4 is 0 Å². The monoisotopic (exact) mass is 191 g/mol. The van der Waals surface area contributed by atoms with E-state index in [0.717, 1.165) is 0 Å². The Balaban J connectivity index is 2.87. The number of rotatable bonds is 1. The molecule has 0 aromatic heterocycles. The van der Waals surface area contributed by atoms with Gasteiger partial charge in [0.1, 0.15) is 5.16 Å². The summed E-state index contributed by atoms with van der Waals surface area (Å²) in [5, 5.41) is 9.77. The molecule has 0 amide bonds. The minimum Gasteiger partial charge on any atom is -0.392 e. The first-order chi connectivity index (χ1) is 5.24. The van der Waals surface area contributed by atoms with Crippen LogP contribution in [0.2, 0.25) is 0 Å². The van der Waals surface area contributed by atoms with Crippen molar-refractivity contribution in [1.82, 2.24) is 0 Å². The first-order valence-electron chi connectivity index (χ1n) is 3.12. The van der Waals surface area contributed by atoms with Crippen LogP contribution in [0.1, 0.15) is 6.42 Å². The van der Waals surface area contributed by atoms with E-state index in [1.54, 1.807) is 6.08 Å². The van der Waals surface area contributed by atoms with Gasteiger partial charge in [0.2, 0.25) is 0 Å². The summed E-state index contributed by atoms with van der Waals surface area (Å²) >= 11 is 11.4. The van der Waals surface area contributed by atoms with Crippen molar-refractivity contribution in [1.29, 1.82) is 0 Å². The van der Waals surface area contributed by atoms with Crippen molar-refractivity contribution in [3.8, 4) is 0 Å². The minimum absolute atomic E-state index is 0.0969. The van der Waals surface area contributed by atoms with Gasteiger partial charge in [-0.05, 0) is 6.08 Å². The molecule has 0 bridgehead atoms. The molecule has 1 N–H and O–H groups in total. The number of nitrogens with zero attached hydrogens (tertiary/aromatic N) is 1. The zero-order chi connectivity index (χ0) is 8.27. The number of hydrogen-bond acceptors (Lipinski definition) is 2. The normalized spacial score (nSPS) is 18.3. The second-order valence-electron chi connectivity index (χ2n) is 2.08. The summed E-state index contributed by atoms with van der Waals surface area (Å²) in [6.07, 6.45) is 3.72. The molecule has 1 aliphatic heterocycles. The predicted octanol–water partition coefficient (Wildman–Crippen LogP) is 2.03. The molecule has 0 aliphatic carbocycles. The summed E-state index contributed by atoms with van der Waals surface area (Å²) < 4.78 is 0. The van der Waals surface area contributed by atoms with Crippen molar-refractivity contribution in [2.45, 2.75) is 6.42 Å². The van der Waals surface area contributed by atoms with Crippen LogP contribution in [0.3, 0.4) is 0 Å². The van der Waals surface area contributed by atoms with Gasteiger partial charge in [-0.2, -0.15) is 0 Å². The van der Waals surface area contributed by atoms with Crippen LogP contribution in [-0.4, -0.2) is 17.9 Å². The standard InChI is InChI=1S/C7H7Cl2NO/c8-6-1-2-7(9)10-3-5(6)4-11/h2-3,11H,1,4H2. The molecule has 0 radical (unpaired) electrons. The van der Waals surface area contributed by atoms with Crippen molar-refractivity contribution in [3.63, 3.8) is 0 Å². The third-order valence-electron chi connectivity index (χ3n) is 1.31. The molecule has 1 aliphatic rings. The number of aliphatic hydroxyl groups excluding tert-OH is 1. The van der Waals surface area contributed by atoms with Gasteiger partial charge < -0.3 is 5.11 Å². The second-order valence-corrected chi connectivity index (χ2v) is 2.92. The number of aliphatic imine (C=N–C) groups is 1. The molecule has 0 spiro atoms. The maximum Gasteiger partial charge on any atom is 0.125 e. The Labute approximate surface area is 74.8 Å². The van der Waals surface area contributed by atoms with Gasteiger partial charge in [-0.25, -0.2) is 4.99 Å². The topological polar surface area (TPSA) is 32.6 Å². The molecule has 0 saturated carbocycles. The number of halogens is 2. The van der Waals surface area contributed by atoms with Crippen molar-refractivity contribution < 1.29 is 5.11 Å². The summed E-state index contributed by atoms with van der Waals surface area (Å²) in [6.45, 7) is -0.0969. The lowest BCUT2D eigenvalue weighted by Crippen LogP contribution is -1.93. The van der Waals surface area contributed by atoms with Gasteiger partial charge in [0.15, 0.2) is 0 Å². The fourth-order valence-corrected chi connectivity index (χ4v) is 1.01. The predicted molar refractivity (Wildman–Crippen MR) is 47.0 cm³/mol. The van der Waals surface area contributed by atoms with Crippen molar-refractivity contribution in [2.24, 2.45) is 4.99 Å². The average Bonchev–Trinajstić information content (AvgIpc) is 2.15. The smallest absolute Gasteiger partial charge is 0.125 e. The number of allylic oxidation sites excluding steroid dienone is 2. The number of hydrogen-bond donors (Lipinski definition) is 1. The van der Waals surface area contributed by atoms with Gasteiger partial charge in [0.05, 0.1) is 6.61 Å². The van der Waals surface area contributed by atoms with Gasteiger partial charge >= 0.3 is 0 Å². The highest BCUT2D eigenvalue weighted by molar-refractivity contribution is 6.33. The summed E-state index contributed by atoms with van der Waals surface area (Å²) in [5.41, 5.74) is 0.624. The average molecular weight is 192 g/mol. The van der Waals surface area contributed by atoms with Crippen molar-refractivity contribution >= 4 is 29.4 Å². The first-order valence-corrected chi connectivity index (χ1v) is 3.87. The molecule has 1 rings (SSSR count). The van der Waals surface area contributed by atoms with Crippen LogP contribution in [0, 0.1) is 0 Å². The third-order valence-corrected chi connectivity index (χ3v) is 1.96. The fraction of sp³-hybridized carbons (Fsp3) is 0.286. The fourth-order valence-electron chi connectivity index (χ4n) is 0.694. The van der Waals surface area contributed by atoms with E-state index in [9.17, 15) is 0 Å². The molecule has 2 nitrogen and oxygen atoms in total. The zero-order valence-corrected chi connectivity index (χ0v) is 7.23. The molecule has 11 heavy (non-hydrogen) atoms. The Hall–Kier alpha value is -0.310. The number of aliphatic hydroxyl groups is 1. The lowest BCUT2D eigenvalue weighted by Gasteiger charge is -1.96. The summed E-state index contributed by atoms with van der Waals surface area (Å²) in [5.74, 6) is 0. The lowest BCUT2D eigenvalue weighted by atomic mass is 10.2. The molecular weight excluding hydrogens is 185 g/mol. The van der Waals surface area contributed by atoms with Gasteiger partial charge in [-0.1, -0.05) is 23.2 Å². The van der Waals surface area contributed by atoms with Gasteiger partial charge in [0.25, 0.3) is 0 Å². The van der Waals surface area contributed by atoms with Crippen LogP contribution >= 0.6 is 23.2 Å². The molecule has 0 atom stereocenters. The molecule has 0 aromatic rings. The largest absolute Gasteiger partial charge is 0.392 e. The Morgan fingerprint density at radius 3 is 2.91 bits per heavy atom. The molecular formula is C7H7Cl2NO. The van der Waals surface area contributed by atoms with Crippen molar-refractivity contribution in [2.75, 3.05) is 6.61 Å². The van der Waals surface area contributed by atoms with Crippen molar-refractivity contribution in [3.05, 3.63) is 21.8 Å². The SMILES string of the molecule is OCC1=C(Cl)CC=C(Cl)N=C1. The highest BCUT2D eigenvalue weighted by Gasteiger charge is 2.03. The quantitative estimate of drug-likeness (QED) is 0.633. The Morgan fingerprint density at radius 1 is 1.55 bits per heavy atom. The van der Waals surface area contributed by atoms with Crippen LogP contribution in [0.25, 0.3) is 0 Å². The first kappa shape index (κ1) is 8.78. The highest BCUT2D eigenvalue weighted by atomic mass is 35.5. The van der Waals surface area contributed by atoms with Crippen LogP contribution in [0.4, 0.5) is 0 Å². The van der Waals surface area contributed by atoms with E-state index in [1.165, 1.54) is 6.21 Å². The van der Waals surface area contributed by atoms with E-state index >= 15 is 0 Å². The molecule has 0 unspecified atom stereocenters. The van der Waals surface area contributed by atoms with Gasteiger partial charge in [-0.3, -0.25) is 0 Å². The zero-order valence-electron chi connectivity index (χ0n) is 5.72. The maximum atomic E-state index is 8.77. The Bertz CT molecular complexity index is 243. The van der Waals surface area contributed by atoms with E-state index < -0.39 is 0 Å². The molecule has 0 aromatic carbocycles. The molecule has 60 valence electrons. The molecule has 4 heteroatoms. The summed E-state index contributed by atoms with van der Waals surface area (Å²) in [6, 6.07) is 0. The van der Waals surface area contributed by atoms with E-state index in [4.69, 9.17) is 28.3 Å². The summed E-state index contributed by atoms with van der Waals surface area (Å²) in [4.78, 5) is 3.83. The third kappa shape index (κ3) is 2.33. The Morgan fingerprint density at radius 2 is 2.27 bits per heavy atom. The maximum absolute atomic E-state index is 8.77. The molecule has 1 heterocycles. The highest BCUT2D eigenvalue weighted by Crippen LogP contribution is 2.19. The molecule has 0 fully saturated rings. The van der Waals surface area contributed by atoms with E-state index in [1.807, 2.05) is 0 Å². The molecule has 0 saturated heterocycles. The van der Waals surface area contributed by atoms with E-state index in [-0.39, 0.29) is 6.61 Å². The van der Waals surface area contributed by atoms with Gasteiger partial charge in [-0.15, -0.1) is 0 Å². The van der Waals surface area contributed by atoms with E-state index in [0.29, 0.717) is 22.2 Å². The summed E-state index contributed by atoms with van der Waals surface area (Å²) in [7, 11) is 0. The second kappa shape index (κ2) is 3.90. The lowest BCUT2D eigenvalue weighted by molar-refractivity contribution is 0.337.